The number of unbranched alkanes of at least 4 members (excludes halogenated alkanes) is 32. The van der Waals surface area contributed by atoms with Crippen molar-refractivity contribution >= 4 is 39.5 Å². The maximum atomic E-state index is 13.1. The Bertz CT molecular complexity index is 2270. The highest BCUT2D eigenvalue weighted by atomic mass is 31.2. The summed E-state index contributed by atoms with van der Waals surface area (Å²) in [5.41, 5.74) is 0. The van der Waals surface area contributed by atoms with E-state index in [9.17, 15) is 43.2 Å². The molecule has 0 aliphatic carbocycles. The monoisotopic (exact) mass is 1450 g/mol. The van der Waals surface area contributed by atoms with Crippen molar-refractivity contribution in [3.8, 4) is 0 Å². The van der Waals surface area contributed by atoms with Gasteiger partial charge in [0.1, 0.15) is 19.3 Å². The number of ether oxygens (including phenoxy) is 4. The maximum absolute atomic E-state index is 13.1. The van der Waals surface area contributed by atoms with Crippen molar-refractivity contribution in [2.75, 3.05) is 39.6 Å². The average Bonchev–Trinajstić information content (AvgIpc) is 1.06. The van der Waals surface area contributed by atoms with E-state index in [4.69, 9.17) is 37.0 Å². The van der Waals surface area contributed by atoms with E-state index in [1.807, 2.05) is 12.2 Å². The molecule has 0 heterocycles. The highest BCUT2D eigenvalue weighted by Crippen LogP contribution is 2.45. The summed E-state index contributed by atoms with van der Waals surface area (Å²) in [7, 11) is -9.97. The molecular weight excluding hydrogens is 1310 g/mol. The van der Waals surface area contributed by atoms with Gasteiger partial charge in [-0.25, -0.2) is 9.13 Å². The summed E-state index contributed by atoms with van der Waals surface area (Å²) in [5, 5.41) is 10.6. The third-order valence-corrected chi connectivity index (χ3v) is 18.4. The van der Waals surface area contributed by atoms with Crippen LogP contribution in [0, 0.1) is 0 Å². The van der Waals surface area contributed by atoms with E-state index in [1.165, 1.54) is 103 Å². The van der Waals surface area contributed by atoms with Crippen molar-refractivity contribution in [2.24, 2.45) is 0 Å². The molecule has 0 aliphatic rings. The molecule has 0 spiro atoms. The summed E-state index contributed by atoms with van der Waals surface area (Å²) in [5.74, 6) is -2.26. The molecule has 0 amide bonds. The molecule has 5 atom stereocenters. The topological polar surface area (TPSA) is 237 Å². The standard InChI is InChI=1S/C81H142O17P2/c1-5-9-13-17-21-25-29-33-36-37-40-43-46-50-54-58-62-66-79(84)92-72-77(98-81(86)68-64-60-56-52-48-44-39-35-31-27-23-19-15-11-7-3)74-96-100(89,90)94-70-75(82)69-93-99(87,88)95-73-76(97-80(85)67-63-59-55-51-47-41-32-28-24-20-16-12-8-4)71-91-78(83)65-61-57-53-49-45-42-38-34-30-26-22-18-14-10-6-2/h9,13,21,25,28,32-36,38-40,43,50,54,75-77,82H,5-8,10-12,14-20,22-24,26-27,29-31,37,41-42,44-49,51-53,55-74H2,1-4H3,(H,87,88)(H,89,90)/b13-9-,25-21-,32-28-,36-33-,38-34-,39-35-,43-40-,54-50-. The summed E-state index contributed by atoms with van der Waals surface area (Å²) >= 11 is 0. The van der Waals surface area contributed by atoms with E-state index in [0.717, 1.165) is 148 Å². The van der Waals surface area contributed by atoms with Gasteiger partial charge in [-0.15, -0.1) is 0 Å². The van der Waals surface area contributed by atoms with Crippen molar-refractivity contribution in [3.05, 3.63) is 97.2 Å². The maximum Gasteiger partial charge on any atom is 0.472 e. The minimum Gasteiger partial charge on any atom is -0.462 e. The molecule has 0 aromatic heterocycles. The number of carbonyl (C=O) groups excluding carboxylic acids is 4. The zero-order valence-electron chi connectivity index (χ0n) is 63.1. The molecule has 17 nitrogen and oxygen atoms in total. The van der Waals surface area contributed by atoms with Gasteiger partial charge in [-0.1, -0.05) is 266 Å². The van der Waals surface area contributed by atoms with Gasteiger partial charge in [0, 0.05) is 25.7 Å². The van der Waals surface area contributed by atoms with Gasteiger partial charge in [-0.05, 0) is 141 Å². The minimum atomic E-state index is -4.99. The van der Waals surface area contributed by atoms with Gasteiger partial charge in [0.15, 0.2) is 12.2 Å². The number of esters is 4. The first kappa shape index (κ1) is 96.0. The Balaban J connectivity index is 5.40. The van der Waals surface area contributed by atoms with E-state index >= 15 is 0 Å². The number of phosphoric ester groups is 2. The second-order valence-electron chi connectivity index (χ2n) is 26.3. The lowest BCUT2D eigenvalue weighted by atomic mass is 10.1. The molecule has 100 heavy (non-hydrogen) atoms. The quantitative estimate of drug-likeness (QED) is 0.0169. The fraction of sp³-hybridized carbons (Fsp3) is 0.753. The van der Waals surface area contributed by atoms with Crippen LogP contribution in [-0.4, -0.2) is 96.7 Å². The van der Waals surface area contributed by atoms with E-state index in [-0.39, 0.29) is 25.7 Å². The molecule has 0 bridgehead atoms. The number of allylic oxidation sites excluding steroid dienone is 16. The number of hydrogen-bond acceptors (Lipinski definition) is 15. The smallest absolute Gasteiger partial charge is 0.462 e. The van der Waals surface area contributed by atoms with Gasteiger partial charge in [0.25, 0.3) is 0 Å². The van der Waals surface area contributed by atoms with Crippen LogP contribution in [0.1, 0.15) is 336 Å². The molecule has 0 saturated carbocycles. The molecule has 19 heteroatoms. The van der Waals surface area contributed by atoms with Crippen molar-refractivity contribution < 1.29 is 80.2 Å². The van der Waals surface area contributed by atoms with Crippen LogP contribution in [0.2, 0.25) is 0 Å². The van der Waals surface area contributed by atoms with Crippen LogP contribution < -0.4 is 0 Å². The molecular formula is C81H142O17P2. The van der Waals surface area contributed by atoms with Gasteiger partial charge in [-0.2, -0.15) is 0 Å². The van der Waals surface area contributed by atoms with E-state index in [1.54, 1.807) is 0 Å². The van der Waals surface area contributed by atoms with Crippen LogP contribution in [0.25, 0.3) is 0 Å². The second kappa shape index (κ2) is 73.3. The third-order valence-electron chi connectivity index (χ3n) is 16.5. The normalized spacial score (nSPS) is 14.4. The number of phosphoric acid groups is 2. The zero-order valence-corrected chi connectivity index (χ0v) is 64.9. The largest absolute Gasteiger partial charge is 0.472 e. The van der Waals surface area contributed by atoms with Gasteiger partial charge < -0.3 is 33.8 Å². The van der Waals surface area contributed by atoms with Crippen LogP contribution in [0.15, 0.2) is 97.2 Å². The first-order valence-corrected chi connectivity index (χ1v) is 42.5. The van der Waals surface area contributed by atoms with E-state index < -0.39 is 97.5 Å². The number of carbonyl (C=O) groups is 4. The number of hydrogen-bond donors (Lipinski definition) is 3. The number of aliphatic hydroxyl groups excluding tert-OH is 1. The van der Waals surface area contributed by atoms with Crippen molar-refractivity contribution in [1.29, 1.82) is 0 Å². The van der Waals surface area contributed by atoms with Crippen molar-refractivity contribution in [2.45, 2.75) is 354 Å². The van der Waals surface area contributed by atoms with Crippen LogP contribution in [-0.2, 0) is 65.4 Å². The SMILES string of the molecule is CC/C=C\C/C=C\C/C=C\C/C=C\C/C=C\CCCC(=O)OCC(COP(=O)(O)OCC(O)COP(=O)(O)OCC(COC(=O)CCCCCCC/C=C\CCCCCCCC)OC(=O)CCCCCCC/C=C\CCCCCC)OC(=O)CCCCCCC/C=C\CCCCCCCC. The number of aliphatic hydroxyl groups is 1. The molecule has 0 radical (unpaired) electrons. The summed E-state index contributed by atoms with van der Waals surface area (Å²) in [4.78, 5) is 72.9. The predicted molar refractivity (Wildman–Crippen MR) is 409 cm³/mol. The van der Waals surface area contributed by atoms with Crippen molar-refractivity contribution in [1.82, 2.24) is 0 Å². The number of rotatable bonds is 74. The Morgan fingerprint density at radius 2 is 0.530 bits per heavy atom. The fourth-order valence-electron chi connectivity index (χ4n) is 10.5. The van der Waals surface area contributed by atoms with E-state index in [0.29, 0.717) is 32.1 Å². The molecule has 0 saturated heterocycles. The molecule has 5 unspecified atom stereocenters. The first-order valence-electron chi connectivity index (χ1n) is 39.5. The Hall–Kier alpha value is -4.02. The fourth-order valence-corrected chi connectivity index (χ4v) is 12.1. The molecule has 0 aromatic carbocycles. The first-order chi connectivity index (χ1) is 48.7. The van der Waals surface area contributed by atoms with Crippen LogP contribution in [0.5, 0.6) is 0 Å². The highest BCUT2D eigenvalue weighted by molar-refractivity contribution is 7.47. The summed E-state index contributed by atoms with van der Waals surface area (Å²) in [6.45, 7) is 4.68. The van der Waals surface area contributed by atoms with Gasteiger partial charge >= 0.3 is 39.5 Å². The Labute approximate surface area is 607 Å². The molecule has 0 fully saturated rings. The minimum absolute atomic E-state index is 0.0728. The predicted octanol–water partition coefficient (Wildman–Crippen LogP) is 22.8. The molecule has 3 N–H and O–H groups in total. The van der Waals surface area contributed by atoms with Gasteiger partial charge in [0.05, 0.1) is 26.4 Å². The summed E-state index contributed by atoms with van der Waals surface area (Å²) in [6, 6.07) is 0. The Kier molecular flexibility index (Phi) is 70.4. The lowest BCUT2D eigenvalue weighted by Gasteiger charge is -2.21. The Morgan fingerprint density at radius 3 is 0.860 bits per heavy atom. The lowest BCUT2D eigenvalue weighted by molar-refractivity contribution is -0.161. The third kappa shape index (κ3) is 72.3. The van der Waals surface area contributed by atoms with Crippen LogP contribution in [0.3, 0.4) is 0 Å². The van der Waals surface area contributed by atoms with E-state index in [2.05, 4.69) is 113 Å². The average molecular weight is 1450 g/mol. The lowest BCUT2D eigenvalue weighted by Crippen LogP contribution is -2.30. The zero-order chi connectivity index (χ0) is 73.2. The van der Waals surface area contributed by atoms with Crippen LogP contribution in [0.4, 0.5) is 0 Å². The highest BCUT2D eigenvalue weighted by Gasteiger charge is 2.30. The van der Waals surface area contributed by atoms with Gasteiger partial charge in [-0.3, -0.25) is 37.3 Å². The molecule has 0 aromatic rings. The van der Waals surface area contributed by atoms with Crippen molar-refractivity contribution in [3.63, 3.8) is 0 Å². The molecule has 0 aliphatic heterocycles. The summed E-state index contributed by atoms with van der Waals surface area (Å²) in [6.07, 6.45) is 76.8. The van der Waals surface area contributed by atoms with Gasteiger partial charge in [0.2, 0.25) is 0 Å². The Morgan fingerprint density at radius 1 is 0.290 bits per heavy atom. The molecule has 578 valence electrons. The van der Waals surface area contributed by atoms with Crippen LogP contribution >= 0.6 is 15.6 Å². The molecule has 0 rings (SSSR count). The summed E-state index contributed by atoms with van der Waals surface area (Å²) < 4.78 is 68.5. The second-order valence-corrected chi connectivity index (χ2v) is 29.2.